The van der Waals surface area contributed by atoms with Crippen molar-refractivity contribution >= 4 is 28.6 Å². The molecule has 1 unspecified atom stereocenters. The number of aryl methyl sites for hydroxylation is 1. The molecule has 0 saturated carbocycles. The van der Waals surface area contributed by atoms with Crippen LogP contribution in [0.2, 0.25) is 0 Å². The maximum atomic E-state index is 12.3. The maximum absolute atomic E-state index is 12.3. The van der Waals surface area contributed by atoms with Crippen LogP contribution < -0.4 is 5.32 Å². The summed E-state index contributed by atoms with van der Waals surface area (Å²) < 4.78 is 0. The van der Waals surface area contributed by atoms with E-state index in [1.807, 2.05) is 19.9 Å². The smallest absolute Gasteiger partial charge is 0.328 e. The molecule has 0 bridgehead atoms. The minimum absolute atomic E-state index is 0.0465. The summed E-state index contributed by atoms with van der Waals surface area (Å²) in [7, 11) is 0. The van der Waals surface area contributed by atoms with E-state index in [1.165, 1.54) is 28.6 Å². The van der Waals surface area contributed by atoms with Crippen molar-refractivity contribution < 1.29 is 24.6 Å². The first kappa shape index (κ1) is 25.3. The summed E-state index contributed by atoms with van der Waals surface area (Å²) in [5.41, 5.74) is 4.83. The van der Waals surface area contributed by atoms with Crippen molar-refractivity contribution in [2.75, 3.05) is 13.1 Å². The number of hydrogen-bond acceptors (Lipinski definition) is 4. The van der Waals surface area contributed by atoms with Crippen molar-refractivity contribution in [1.82, 2.24) is 10.3 Å². The van der Waals surface area contributed by atoms with Gasteiger partial charge in [-0.25, -0.2) is 9.59 Å². The molecule has 0 aliphatic heterocycles. The average molecular weight is 443 g/mol. The Kier molecular flexibility index (Phi) is 9.20. The van der Waals surface area contributed by atoms with Gasteiger partial charge in [0.05, 0.1) is 0 Å². The summed E-state index contributed by atoms with van der Waals surface area (Å²) in [6, 6.07) is 6.15. The molecule has 0 radical (unpaired) electrons. The lowest BCUT2D eigenvalue weighted by Gasteiger charge is -2.23. The molecule has 2 aromatic rings. The van der Waals surface area contributed by atoms with Crippen molar-refractivity contribution in [3.8, 4) is 0 Å². The number of ketones is 1. The van der Waals surface area contributed by atoms with Gasteiger partial charge in [-0.1, -0.05) is 27.7 Å². The second-order valence-corrected chi connectivity index (χ2v) is 9.03. The van der Waals surface area contributed by atoms with Crippen LogP contribution in [0.4, 0.5) is 0 Å². The van der Waals surface area contributed by atoms with E-state index in [0.717, 1.165) is 31.5 Å². The Hall–Kier alpha value is -2.93. The minimum atomic E-state index is -1.26. The number of aliphatic carboxylic acids is 2. The lowest BCUT2D eigenvalue weighted by molar-refractivity contribution is -0.134. The van der Waals surface area contributed by atoms with Gasteiger partial charge in [0.1, 0.15) is 0 Å². The van der Waals surface area contributed by atoms with Crippen molar-refractivity contribution in [3.63, 3.8) is 0 Å². The zero-order valence-electron chi connectivity index (χ0n) is 19.3. The van der Waals surface area contributed by atoms with Gasteiger partial charge in [-0.15, -0.1) is 0 Å². The zero-order valence-corrected chi connectivity index (χ0v) is 19.3. The first-order valence-corrected chi connectivity index (χ1v) is 11.1. The van der Waals surface area contributed by atoms with Gasteiger partial charge in [0.15, 0.2) is 5.78 Å². The molecule has 174 valence electrons. The Bertz CT molecular complexity index is 972. The van der Waals surface area contributed by atoms with Crippen molar-refractivity contribution in [2.24, 2.45) is 17.8 Å². The predicted octanol–water partition coefficient (Wildman–Crippen LogP) is 4.07. The van der Waals surface area contributed by atoms with Crippen LogP contribution in [0.3, 0.4) is 0 Å². The standard InChI is InChI=1S/C21H30N2O.C4H4O4/c1-13(2)11-22-12-15-5-7-19-17(9-15)18-10-16(21(24)14(3)4)6-8-20(18)23-19;5-3(6)1-2-4(7)8/h6,8,10,13-15,22-23H,5,7,9,11-12H2,1-4H3;1-2H,(H,5,6)(H,7,8)/b;2-1+. The number of H-pyrrole nitrogens is 1. The number of aromatic amines is 1. The maximum Gasteiger partial charge on any atom is 0.328 e. The van der Waals surface area contributed by atoms with Crippen LogP contribution in [0, 0.1) is 17.8 Å². The van der Waals surface area contributed by atoms with Crippen molar-refractivity contribution in [1.29, 1.82) is 0 Å². The highest BCUT2D eigenvalue weighted by atomic mass is 16.4. The fraction of sp³-hybridized carbons (Fsp3) is 0.480. The van der Waals surface area contributed by atoms with Crippen LogP contribution in [0.25, 0.3) is 10.9 Å². The molecular formula is C25H34N2O5. The fourth-order valence-corrected chi connectivity index (χ4v) is 3.87. The molecule has 1 aliphatic rings. The third-order valence-electron chi connectivity index (χ3n) is 5.45. The van der Waals surface area contributed by atoms with E-state index in [4.69, 9.17) is 10.2 Å². The number of carboxylic acids is 2. The van der Waals surface area contributed by atoms with Gasteiger partial charge >= 0.3 is 11.9 Å². The number of rotatable bonds is 8. The quantitative estimate of drug-likeness (QED) is 0.361. The highest BCUT2D eigenvalue weighted by molar-refractivity contribution is 6.01. The monoisotopic (exact) mass is 442 g/mol. The fourth-order valence-electron chi connectivity index (χ4n) is 3.87. The van der Waals surface area contributed by atoms with Crippen LogP contribution in [0.5, 0.6) is 0 Å². The molecule has 0 fully saturated rings. The lowest BCUT2D eigenvalue weighted by atomic mass is 9.86. The highest BCUT2D eigenvalue weighted by Crippen LogP contribution is 2.32. The molecule has 1 atom stereocenters. The van der Waals surface area contributed by atoms with Gasteiger partial charge in [0.2, 0.25) is 0 Å². The number of carbonyl (C=O) groups excluding carboxylic acids is 1. The molecule has 3 rings (SSSR count). The molecule has 0 saturated heterocycles. The molecule has 32 heavy (non-hydrogen) atoms. The average Bonchev–Trinajstić information content (AvgIpc) is 3.09. The number of carboxylic acid groups (broad SMARTS) is 2. The molecule has 1 heterocycles. The van der Waals surface area contributed by atoms with E-state index < -0.39 is 11.9 Å². The van der Waals surface area contributed by atoms with E-state index in [1.54, 1.807) is 0 Å². The summed E-state index contributed by atoms with van der Waals surface area (Å²) >= 11 is 0. The topological polar surface area (TPSA) is 119 Å². The van der Waals surface area contributed by atoms with Crippen LogP contribution in [-0.4, -0.2) is 46.0 Å². The van der Waals surface area contributed by atoms with Gasteiger partial charge in [-0.3, -0.25) is 4.79 Å². The second kappa shape index (κ2) is 11.6. The zero-order chi connectivity index (χ0) is 23.8. The Labute approximate surface area is 188 Å². The summed E-state index contributed by atoms with van der Waals surface area (Å²) in [6.45, 7) is 10.6. The van der Waals surface area contributed by atoms with Gasteiger partial charge in [-0.2, -0.15) is 0 Å². The largest absolute Gasteiger partial charge is 0.478 e. The van der Waals surface area contributed by atoms with E-state index >= 15 is 0 Å². The number of carbonyl (C=O) groups is 3. The summed E-state index contributed by atoms with van der Waals surface area (Å²) in [5, 5.41) is 20.5. The van der Waals surface area contributed by atoms with Gasteiger partial charge in [0.25, 0.3) is 0 Å². The molecule has 1 aromatic carbocycles. The number of benzene rings is 1. The third-order valence-corrected chi connectivity index (χ3v) is 5.45. The molecule has 7 heteroatoms. The highest BCUT2D eigenvalue weighted by Gasteiger charge is 2.23. The summed E-state index contributed by atoms with van der Waals surface area (Å²) in [4.78, 5) is 35.0. The van der Waals surface area contributed by atoms with Crippen LogP contribution in [0.15, 0.2) is 30.4 Å². The Morgan fingerprint density at radius 1 is 1.12 bits per heavy atom. The summed E-state index contributed by atoms with van der Waals surface area (Å²) in [5.74, 6) is -0.843. The Morgan fingerprint density at radius 2 is 1.78 bits per heavy atom. The van der Waals surface area contributed by atoms with E-state index in [0.29, 0.717) is 24.0 Å². The normalized spacial score (nSPS) is 15.6. The molecule has 1 aromatic heterocycles. The predicted molar refractivity (Wildman–Crippen MR) is 125 cm³/mol. The number of hydrogen-bond donors (Lipinski definition) is 4. The minimum Gasteiger partial charge on any atom is -0.478 e. The van der Waals surface area contributed by atoms with Crippen LogP contribution >= 0.6 is 0 Å². The number of aromatic nitrogens is 1. The molecule has 4 N–H and O–H groups in total. The number of nitrogens with one attached hydrogen (secondary N) is 2. The molecule has 7 nitrogen and oxygen atoms in total. The molecule has 1 aliphatic carbocycles. The third kappa shape index (κ3) is 7.34. The molecular weight excluding hydrogens is 408 g/mol. The Morgan fingerprint density at radius 3 is 2.34 bits per heavy atom. The second-order valence-electron chi connectivity index (χ2n) is 9.03. The van der Waals surface area contributed by atoms with E-state index in [9.17, 15) is 14.4 Å². The van der Waals surface area contributed by atoms with E-state index in [-0.39, 0.29) is 11.7 Å². The van der Waals surface area contributed by atoms with Crippen LogP contribution in [-0.2, 0) is 22.4 Å². The van der Waals surface area contributed by atoms with E-state index in [2.05, 4.69) is 36.3 Å². The first-order chi connectivity index (χ1) is 15.1. The SMILES string of the molecule is CC(C)CNCC1CCc2[nH]c3ccc(C(=O)C(C)C)cc3c2C1.O=C(O)/C=C/C(=O)O. The van der Waals surface area contributed by atoms with Crippen molar-refractivity contribution in [2.45, 2.75) is 47.0 Å². The first-order valence-electron chi connectivity index (χ1n) is 11.1. The lowest BCUT2D eigenvalue weighted by Crippen LogP contribution is -2.29. The number of fused-ring (bicyclic) bond motifs is 3. The van der Waals surface area contributed by atoms with Crippen molar-refractivity contribution in [3.05, 3.63) is 47.2 Å². The van der Waals surface area contributed by atoms with Gasteiger partial charge in [-0.05, 0) is 68.0 Å². The van der Waals surface area contributed by atoms with Gasteiger partial charge in [0, 0.05) is 40.2 Å². The summed E-state index contributed by atoms with van der Waals surface area (Å²) in [6.07, 6.45) is 4.58. The molecule has 0 spiro atoms. The molecule has 0 amide bonds. The number of Topliss-reactive ketones (excluding diaryl/α,β-unsaturated/α-hetero) is 1. The van der Waals surface area contributed by atoms with Crippen LogP contribution in [0.1, 0.15) is 55.7 Å². The van der Waals surface area contributed by atoms with Gasteiger partial charge < -0.3 is 20.5 Å². The Balaban J connectivity index is 0.000000390.